The van der Waals surface area contributed by atoms with Gasteiger partial charge in [0.1, 0.15) is 0 Å². The standard InChI is InChI=1S/C17H30N2O/c1-2-19(16-6-4-3-5-14(16)11-18)17(20)15-10-12-7-8-13(15)9-12/h12-16H,2-11,18H2,1H3. The number of carbonyl (C=O) groups is 1. The van der Waals surface area contributed by atoms with E-state index < -0.39 is 0 Å². The molecule has 3 aliphatic carbocycles. The van der Waals surface area contributed by atoms with E-state index in [9.17, 15) is 4.79 Å². The van der Waals surface area contributed by atoms with Crippen molar-refractivity contribution in [2.45, 2.75) is 64.3 Å². The minimum absolute atomic E-state index is 0.342. The second-order valence-electron chi connectivity index (χ2n) is 7.25. The molecule has 114 valence electrons. The molecule has 3 saturated carbocycles. The van der Waals surface area contributed by atoms with Crippen molar-refractivity contribution in [3.63, 3.8) is 0 Å². The van der Waals surface area contributed by atoms with E-state index in [0.29, 0.717) is 29.7 Å². The molecule has 0 aromatic rings. The third-order valence-corrected chi connectivity index (χ3v) is 6.25. The molecule has 5 unspecified atom stereocenters. The van der Waals surface area contributed by atoms with Gasteiger partial charge in [-0.15, -0.1) is 0 Å². The van der Waals surface area contributed by atoms with Crippen LogP contribution in [0.5, 0.6) is 0 Å². The minimum atomic E-state index is 0.342. The Labute approximate surface area is 123 Å². The van der Waals surface area contributed by atoms with E-state index in [1.54, 1.807) is 0 Å². The Balaban J connectivity index is 1.70. The fourth-order valence-corrected chi connectivity index (χ4v) is 5.19. The Kier molecular flexibility index (Phi) is 4.34. The maximum Gasteiger partial charge on any atom is 0.226 e. The summed E-state index contributed by atoms with van der Waals surface area (Å²) >= 11 is 0. The number of hydrogen-bond donors (Lipinski definition) is 1. The zero-order valence-corrected chi connectivity index (χ0v) is 12.9. The highest BCUT2D eigenvalue weighted by molar-refractivity contribution is 5.80. The van der Waals surface area contributed by atoms with E-state index >= 15 is 0 Å². The Morgan fingerprint density at radius 1 is 1.15 bits per heavy atom. The molecule has 0 spiro atoms. The molecular formula is C17H30N2O. The molecule has 0 saturated heterocycles. The van der Waals surface area contributed by atoms with Gasteiger partial charge in [0.25, 0.3) is 0 Å². The quantitative estimate of drug-likeness (QED) is 0.859. The predicted octanol–water partition coefficient (Wildman–Crippen LogP) is 2.79. The average Bonchev–Trinajstić information content (AvgIpc) is 3.11. The van der Waals surface area contributed by atoms with E-state index in [4.69, 9.17) is 5.73 Å². The maximum atomic E-state index is 13.0. The van der Waals surface area contributed by atoms with Crippen molar-refractivity contribution in [3.8, 4) is 0 Å². The van der Waals surface area contributed by atoms with E-state index in [1.807, 2.05) is 0 Å². The highest BCUT2D eigenvalue weighted by Crippen LogP contribution is 2.49. The van der Waals surface area contributed by atoms with Crippen LogP contribution in [-0.4, -0.2) is 29.9 Å². The van der Waals surface area contributed by atoms with Crippen molar-refractivity contribution in [1.82, 2.24) is 4.90 Å². The molecule has 3 fully saturated rings. The number of carbonyl (C=O) groups excluding carboxylic acids is 1. The molecule has 1 amide bonds. The van der Waals surface area contributed by atoms with Crippen molar-refractivity contribution in [2.24, 2.45) is 29.4 Å². The molecular weight excluding hydrogens is 248 g/mol. The van der Waals surface area contributed by atoms with Crippen molar-refractivity contribution >= 4 is 5.91 Å². The molecule has 0 radical (unpaired) electrons. The molecule has 3 rings (SSSR count). The highest BCUT2D eigenvalue weighted by Gasteiger charge is 2.45. The number of amides is 1. The third kappa shape index (κ3) is 2.49. The molecule has 2 bridgehead atoms. The monoisotopic (exact) mass is 278 g/mol. The van der Waals surface area contributed by atoms with Crippen LogP contribution in [0.3, 0.4) is 0 Å². The Morgan fingerprint density at radius 2 is 1.95 bits per heavy atom. The normalized spacial score (nSPS) is 40.0. The predicted molar refractivity (Wildman–Crippen MR) is 81.1 cm³/mol. The molecule has 3 heteroatoms. The third-order valence-electron chi connectivity index (χ3n) is 6.25. The van der Waals surface area contributed by atoms with Gasteiger partial charge in [-0.05, 0) is 63.3 Å². The van der Waals surface area contributed by atoms with E-state index in [-0.39, 0.29) is 0 Å². The first-order chi connectivity index (χ1) is 9.74. The second kappa shape index (κ2) is 6.05. The summed E-state index contributed by atoms with van der Waals surface area (Å²) in [4.78, 5) is 15.2. The number of nitrogens with zero attached hydrogens (tertiary/aromatic N) is 1. The lowest BCUT2D eigenvalue weighted by atomic mass is 9.81. The van der Waals surface area contributed by atoms with Gasteiger partial charge in [0, 0.05) is 18.5 Å². The number of hydrogen-bond acceptors (Lipinski definition) is 2. The van der Waals surface area contributed by atoms with Crippen LogP contribution in [0.15, 0.2) is 0 Å². The summed E-state index contributed by atoms with van der Waals surface area (Å²) in [5.41, 5.74) is 5.96. The van der Waals surface area contributed by atoms with E-state index in [1.165, 1.54) is 51.4 Å². The van der Waals surface area contributed by atoms with Crippen molar-refractivity contribution in [1.29, 1.82) is 0 Å². The van der Waals surface area contributed by atoms with E-state index in [2.05, 4.69) is 11.8 Å². The van der Waals surface area contributed by atoms with Crippen LogP contribution in [0.25, 0.3) is 0 Å². The van der Waals surface area contributed by atoms with Gasteiger partial charge in [0.2, 0.25) is 5.91 Å². The molecule has 0 aromatic carbocycles. The fraction of sp³-hybridized carbons (Fsp3) is 0.941. The highest BCUT2D eigenvalue weighted by atomic mass is 16.2. The van der Waals surface area contributed by atoms with Gasteiger partial charge >= 0.3 is 0 Å². The summed E-state index contributed by atoms with van der Waals surface area (Å²) in [6.45, 7) is 3.76. The summed E-state index contributed by atoms with van der Waals surface area (Å²) in [6.07, 6.45) is 10.1. The zero-order chi connectivity index (χ0) is 14.1. The van der Waals surface area contributed by atoms with Gasteiger partial charge in [-0.3, -0.25) is 4.79 Å². The largest absolute Gasteiger partial charge is 0.339 e. The lowest BCUT2D eigenvalue weighted by Crippen LogP contribution is -2.50. The van der Waals surface area contributed by atoms with Crippen LogP contribution in [0.2, 0.25) is 0 Å². The lowest BCUT2D eigenvalue weighted by Gasteiger charge is -2.41. The van der Waals surface area contributed by atoms with Gasteiger partial charge in [0.05, 0.1) is 0 Å². The van der Waals surface area contributed by atoms with Crippen LogP contribution in [0.1, 0.15) is 58.3 Å². The first kappa shape index (κ1) is 14.4. The van der Waals surface area contributed by atoms with Gasteiger partial charge in [-0.2, -0.15) is 0 Å². The van der Waals surface area contributed by atoms with Crippen LogP contribution in [-0.2, 0) is 4.79 Å². The summed E-state index contributed by atoms with van der Waals surface area (Å²) < 4.78 is 0. The molecule has 0 aromatic heterocycles. The summed E-state index contributed by atoms with van der Waals surface area (Å²) in [5.74, 6) is 2.89. The smallest absolute Gasteiger partial charge is 0.226 e. The van der Waals surface area contributed by atoms with Crippen molar-refractivity contribution in [2.75, 3.05) is 13.1 Å². The van der Waals surface area contributed by atoms with Crippen LogP contribution < -0.4 is 5.73 Å². The molecule has 0 heterocycles. The molecule has 2 N–H and O–H groups in total. The fourth-order valence-electron chi connectivity index (χ4n) is 5.19. The molecule has 3 aliphatic rings. The summed E-state index contributed by atoms with van der Waals surface area (Å²) in [5, 5.41) is 0. The SMILES string of the molecule is CCN(C(=O)C1CC2CCC1C2)C1CCCCC1CN. The lowest BCUT2D eigenvalue weighted by molar-refractivity contribution is -0.141. The Bertz CT molecular complexity index is 357. The van der Waals surface area contributed by atoms with Crippen LogP contribution in [0.4, 0.5) is 0 Å². The first-order valence-electron chi connectivity index (χ1n) is 8.75. The summed E-state index contributed by atoms with van der Waals surface area (Å²) in [6, 6.07) is 0.422. The minimum Gasteiger partial charge on any atom is -0.339 e. The summed E-state index contributed by atoms with van der Waals surface area (Å²) in [7, 11) is 0. The van der Waals surface area contributed by atoms with Gasteiger partial charge in [-0.25, -0.2) is 0 Å². The van der Waals surface area contributed by atoms with Gasteiger partial charge in [-0.1, -0.05) is 19.3 Å². The Morgan fingerprint density at radius 3 is 2.55 bits per heavy atom. The molecule has 5 atom stereocenters. The topological polar surface area (TPSA) is 46.3 Å². The number of rotatable bonds is 4. The first-order valence-corrected chi connectivity index (χ1v) is 8.75. The zero-order valence-electron chi connectivity index (χ0n) is 12.9. The van der Waals surface area contributed by atoms with E-state index in [0.717, 1.165) is 19.0 Å². The van der Waals surface area contributed by atoms with Crippen molar-refractivity contribution < 1.29 is 4.79 Å². The molecule has 3 nitrogen and oxygen atoms in total. The van der Waals surface area contributed by atoms with Gasteiger partial charge in [0.15, 0.2) is 0 Å². The van der Waals surface area contributed by atoms with Gasteiger partial charge < -0.3 is 10.6 Å². The van der Waals surface area contributed by atoms with Crippen molar-refractivity contribution in [3.05, 3.63) is 0 Å². The second-order valence-corrected chi connectivity index (χ2v) is 7.25. The molecule has 20 heavy (non-hydrogen) atoms. The number of fused-ring (bicyclic) bond motifs is 2. The maximum absolute atomic E-state index is 13.0. The Hall–Kier alpha value is -0.570. The molecule has 0 aliphatic heterocycles. The van der Waals surface area contributed by atoms with Crippen LogP contribution in [0, 0.1) is 23.7 Å². The average molecular weight is 278 g/mol. The number of nitrogens with two attached hydrogens (primary N) is 1. The van der Waals surface area contributed by atoms with Crippen LogP contribution >= 0.6 is 0 Å².